The highest BCUT2D eigenvalue weighted by molar-refractivity contribution is 5.28. The maximum Gasteiger partial charge on any atom is 0.0560 e. The lowest BCUT2D eigenvalue weighted by atomic mass is 10.0. The second-order valence-corrected chi connectivity index (χ2v) is 4.87. The second kappa shape index (κ2) is 5.83. The molecular weight excluding hydrogens is 222 g/mol. The third-order valence-electron chi connectivity index (χ3n) is 3.21. The molecule has 2 atom stereocenters. The van der Waals surface area contributed by atoms with Gasteiger partial charge in [-0.2, -0.15) is 5.10 Å². The minimum absolute atomic E-state index is 0.358. The zero-order valence-corrected chi connectivity index (χ0v) is 11.3. The van der Waals surface area contributed by atoms with Gasteiger partial charge in [0.25, 0.3) is 0 Å². The molecule has 0 radical (unpaired) electrons. The van der Waals surface area contributed by atoms with Crippen molar-refractivity contribution in [3.8, 4) is 0 Å². The Bertz CT molecular complexity index is 476. The molecule has 2 aromatic rings. The van der Waals surface area contributed by atoms with Gasteiger partial charge in [-0.3, -0.25) is 4.68 Å². The summed E-state index contributed by atoms with van der Waals surface area (Å²) < 4.78 is 1.96. The summed E-state index contributed by atoms with van der Waals surface area (Å²) in [6.45, 7) is 7.45. The third-order valence-corrected chi connectivity index (χ3v) is 3.21. The molecule has 0 saturated carbocycles. The number of nitrogens with one attached hydrogen (secondary N) is 1. The van der Waals surface area contributed by atoms with Gasteiger partial charge >= 0.3 is 0 Å². The first-order valence-corrected chi connectivity index (χ1v) is 6.46. The standard InChI is InChI=1S/C15H21N3/c1-12-7-4-5-8-15(12)14(3)17-13(2)11-18-10-6-9-16-18/h4-10,13-14,17H,11H2,1-3H3. The number of aryl methyl sites for hydroxylation is 1. The normalized spacial score (nSPS) is 14.4. The number of hydrogen-bond donors (Lipinski definition) is 1. The van der Waals surface area contributed by atoms with Crippen molar-refractivity contribution in [3.63, 3.8) is 0 Å². The molecule has 0 aliphatic rings. The van der Waals surface area contributed by atoms with Gasteiger partial charge in [-0.25, -0.2) is 0 Å². The molecule has 0 amide bonds. The average Bonchev–Trinajstić information content (AvgIpc) is 2.82. The lowest BCUT2D eigenvalue weighted by Crippen LogP contribution is -2.33. The fraction of sp³-hybridized carbons (Fsp3) is 0.400. The number of nitrogens with zero attached hydrogens (tertiary/aromatic N) is 2. The summed E-state index contributed by atoms with van der Waals surface area (Å²) in [4.78, 5) is 0. The van der Waals surface area contributed by atoms with Crippen LogP contribution >= 0.6 is 0 Å². The Balaban J connectivity index is 1.95. The molecule has 1 N–H and O–H groups in total. The SMILES string of the molecule is Cc1ccccc1C(C)NC(C)Cn1cccn1. The van der Waals surface area contributed by atoms with Crippen LogP contribution in [0.1, 0.15) is 31.0 Å². The molecule has 0 spiro atoms. The lowest BCUT2D eigenvalue weighted by Gasteiger charge is -2.21. The molecule has 96 valence electrons. The Labute approximate surface area is 109 Å². The van der Waals surface area contributed by atoms with E-state index in [-0.39, 0.29) is 0 Å². The fourth-order valence-electron chi connectivity index (χ4n) is 2.33. The molecule has 0 aliphatic heterocycles. The van der Waals surface area contributed by atoms with E-state index in [0.29, 0.717) is 12.1 Å². The summed E-state index contributed by atoms with van der Waals surface area (Å²) >= 11 is 0. The molecule has 2 rings (SSSR count). The van der Waals surface area contributed by atoms with E-state index >= 15 is 0 Å². The molecule has 2 unspecified atom stereocenters. The van der Waals surface area contributed by atoms with Crippen molar-refractivity contribution in [2.24, 2.45) is 0 Å². The van der Waals surface area contributed by atoms with E-state index in [2.05, 4.69) is 55.5 Å². The highest BCUT2D eigenvalue weighted by atomic mass is 15.3. The second-order valence-electron chi connectivity index (χ2n) is 4.87. The van der Waals surface area contributed by atoms with Crippen LogP contribution in [-0.4, -0.2) is 15.8 Å². The Kier molecular flexibility index (Phi) is 4.15. The van der Waals surface area contributed by atoms with Crippen molar-refractivity contribution in [1.29, 1.82) is 0 Å². The van der Waals surface area contributed by atoms with Crippen molar-refractivity contribution in [3.05, 3.63) is 53.9 Å². The molecule has 1 heterocycles. The fourth-order valence-corrected chi connectivity index (χ4v) is 2.33. The molecular formula is C15H21N3. The lowest BCUT2D eigenvalue weighted by molar-refractivity contribution is 0.412. The van der Waals surface area contributed by atoms with Crippen LogP contribution in [0.2, 0.25) is 0 Å². The predicted octanol–water partition coefficient (Wildman–Crippen LogP) is 2.93. The van der Waals surface area contributed by atoms with Gasteiger partial charge in [0.15, 0.2) is 0 Å². The van der Waals surface area contributed by atoms with Crippen LogP contribution in [0, 0.1) is 6.92 Å². The number of benzene rings is 1. The highest BCUT2D eigenvalue weighted by Gasteiger charge is 2.11. The number of hydrogen-bond acceptors (Lipinski definition) is 2. The zero-order chi connectivity index (χ0) is 13.0. The minimum Gasteiger partial charge on any atom is -0.306 e. The van der Waals surface area contributed by atoms with Gasteiger partial charge in [0.05, 0.1) is 6.54 Å². The van der Waals surface area contributed by atoms with Crippen LogP contribution < -0.4 is 5.32 Å². The molecule has 3 heteroatoms. The summed E-state index contributed by atoms with van der Waals surface area (Å²) in [7, 11) is 0. The van der Waals surface area contributed by atoms with Crippen LogP contribution in [0.15, 0.2) is 42.7 Å². The number of aromatic nitrogens is 2. The van der Waals surface area contributed by atoms with Crippen LogP contribution in [0.5, 0.6) is 0 Å². The van der Waals surface area contributed by atoms with Gasteiger partial charge in [0.2, 0.25) is 0 Å². The highest BCUT2D eigenvalue weighted by Crippen LogP contribution is 2.17. The molecule has 0 saturated heterocycles. The van der Waals surface area contributed by atoms with Gasteiger partial charge in [-0.15, -0.1) is 0 Å². The summed E-state index contributed by atoms with van der Waals surface area (Å²) in [5.74, 6) is 0. The van der Waals surface area contributed by atoms with Gasteiger partial charge in [0, 0.05) is 24.5 Å². The summed E-state index contributed by atoms with van der Waals surface area (Å²) in [5, 5.41) is 7.84. The molecule has 0 aliphatic carbocycles. The monoisotopic (exact) mass is 243 g/mol. The van der Waals surface area contributed by atoms with Crippen molar-refractivity contribution >= 4 is 0 Å². The maximum absolute atomic E-state index is 4.23. The van der Waals surface area contributed by atoms with Gasteiger partial charge < -0.3 is 5.32 Å². The summed E-state index contributed by atoms with van der Waals surface area (Å²) in [5.41, 5.74) is 2.70. The predicted molar refractivity (Wildman–Crippen MR) is 74.4 cm³/mol. The van der Waals surface area contributed by atoms with E-state index in [9.17, 15) is 0 Å². The van der Waals surface area contributed by atoms with E-state index in [0.717, 1.165) is 6.54 Å². The number of rotatable bonds is 5. The average molecular weight is 243 g/mol. The van der Waals surface area contributed by atoms with Gasteiger partial charge in [-0.1, -0.05) is 24.3 Å². The van der Waals surface area contributed by atoms with Gasteiger partial charge in [-0.05, 0) is 38.0 Å². The first kappa shape index (κ1) is 12.8. The molecule has 0 bridgehead atoms. The molecule has 1 aromatic heterocycles. The summed E-state index contributed by atoms with van der Waals surface area (Å²) in [6.07, 6.45) is 3.81. The summed E-state index contributed by atoms with van der Waals surface area (Å²) in [6, 6.07) is 11.2. The van der Waals surface area contributed by atoms with Crippen LogP contribution in [0.4, 0.5) is 0 Å². The van der Waals surface area contributed by atoms with Crippen molar-refractivity contribution in [1.82, 2.24) is 15.1 Å². The minimum atomic E-state index is 0.358. The smallest absolute Gasteiger partial charge is 0.0560 e. The van der Waals surface area contributed by atoms with Crippen LogP contribution in [0.3, 0.4) is 0 Å². The maximum atomic E-state index is 4.23. The first-order chi connectivity index (χ1) is 8.66. The molecule has 18 heavy (non-hydrogen) atoms. The van der Waals surface area contributed by atoms with Gasteiger partial charge in [0.1, 0.15) is 0 Å². The van der Waals surface area contributed by atoms with E-state index in [4.69, 9.17) is 0 Å². The third kappa shape index (κ3) is 3.20. The Morgan fingerprint density at radius 2 is 2.00 bits per heavy atom. The molecule has 1 aromatic carbocycles. The van der Waals surface area contributed by atoms with Crippen molar-refractivity contribution in [2.75, 3.05) is 0 Å². The van der Waals surface area contributed by atoms with E-state index in [1.807, 2.05) is 23.1 Å². The molecule has 0 fully saturated rings. The molecule has 3 nitrogen and oxygen atoms in total. The Hall–Kier alpha value is -1.61. The van der Waals surface area contributed by atoms with E-state index < -0.39 is 0 Å². The Morgan fingerprint density at radius 1 is 1.22 bits per heavy atom. The zero-order valence-electron chi connectivity index (χ0n) is 11.3. The van der Waals surface area contributed by atoms with E-state index in [1.165, 1.54) is 11.1 Å². The Morgan fingerprint density at radius 3 is 2.67 bits per heavy atom. The topological polar surface area (TPSA) is 29.9 Å². The quantitative estimate of drug-likeness (QED) is 0.875. The van der Waals surface area contributed by atoms with Crippen LogP contribution in [0.25, 0.3) is 0 Å². The van der Waals surface area contributed by atoms with E-state index in [1.54, 1.807) is 0 Å². The first-order valence-electron chi connectivity index (χ1n) is 6.46. The largest absolute Gasteiger partial charge is 0.306 e. The van der Waals surface area contributed by atoms with Crippen molar-refractivity contribution < 1.29 is 0 Å². The van der Waals surface area contributed by atoms with Crippen molar-refractivity contribution in [2.45, 2.75) is 39.4 Å². The van der Waals surface area contributed by atoms with Crippen LogP contribution in [-0.2, 0) is 6.54 Å².